The Labute approximate surface area is 140 Å². The van der Waals surface area contributed by atoms with E-state index >= 15 is 0 Å². The third kappa shape index (κ3) is 3.90. The maximum Gasteiger partial charge on any atom is 0.343 e. The smallest absolute Gasteiger partial charge is 0.343 e. The number of nitrogens with one attached hydrogen (secondary N) is 3. The fourth-order valence-electron chi connectivity index (χ4n) is 2.34. The number of hydrogen-bond acceptors (Lipinski definition) is 4. The monoisotopic (exact) mass is 351 g/mol. The van der Waals surface area contributed by atoms with E-state index in [0.29, 0.717) is 11.9 Å². The molecule has 1 heterocycles. The number of carbonyl (C=O) groups is 2. The Bertz CT molecular complexity index is 872. The maximum absolute atomic E-state index is 13.5. The highest BCUT2D eigenvalue weighted by Gasteiger charge is 2.28. The molecule has 1 aromatic heterocycles. The van der Waals surface area contributed by atoms with Gasteiger partial charge in [-0.2, -0.15) is 5.10 Å². The average Bonchev–Trinajstić information content (AvgIpc) is 3.33. The van der Waals surface area contributed by atoms with E-state index < -0.39 is 30.0 Å². The van der Waals surface area contributed by atoms with Gasteiger partial charge in [-0.1, -0.05) is 0 Å². The van der Waals surface area contributed by atoms with Gasteiger partial charge < -0.3 is 10.6 Å². The number of benzene rings is 1. The first-order valence-corrected chi connectivity index (χ1v) is 7.61. The molecule has 0 bridgehead atoms. The van der Waals surface area contributed by atoms with Crippen molar-refractivity contribution in [3.05, 3.63) is 51.7 Å². The summed E-state index contributed by atoms with van der Waals surface area (Å²) in [4.78, 5) is 35.2. The second-order valence-electron chi connectivity index (χ2n) is 5.63. The molecule has 0 spiro atoms. The first kappa shape index (κ1) is 16.8. The van der Waals surface area contributed by atoms with Crippen LogP contribution in [0.2, 0.25) is 0 Å². The minimum absolute atomic E-state index is 0.0227. The van der Waals surface area contributed by atoms with Crippen molar-refractivity contribution in [2.45, 2.75) is 25.4 Å². The number of aromatic nitrogens is 3. The number of nitrogens with zero attached hydrogens (tertiary/aromatic N) is 2. The first-order valence-electron chi connectivity index (χ1n) is 7.61. The van der Waals surface area contributed by atoms with Gasteiger partial charge in [0.1, 0.15) is 11.6 Å². The summed E-state index contributed by atoms with van der Waals surface area (Å²) >= 11 is 0. The fourth-order valence-corrected chi connectivity index (χ4v) is 2.34. The second-order valence-corrected chi connectivity index (χ2v) is 5.63. The van der Waals surface area contributed by atoms with Crippen molar-refractivity contribution in [2.75, 3.05) is 6.54 Å². The Kier molecular flexibility index (Phi) is 4.59. The van der Waals surface area contributed by atoms with Gasteiger partial charge in [-0.25, -0.2) is 18.7 Å². The van der Waals surface area contributed by atoms with Crippen LogP contribution >= 0.6 is 0 Å². The Hall–Kier alpha value is -3.04. The summed E-state index contributed by atoms with van der Waals surface area (Å²) < 4.78 is 27.8. The number of halogens is 2. The SMILES string of the molecule is O=C(CNC(=O)c1ccc(F)cc1F)NCc1n[nH]c(=O)n1C1CC1. The predicted octanol–water partition coefficient (Wildman–Crippen LogP) is 0.231. The van der Waals surface area contributed by atoms with Gasteiger partial charge in [0.25, 0.3) is 5.91 Å². The molecule has 1 aliphatic rings. The van der Waals surface area contributed by atoms with Crippen LogP contribution in [-0.2, 0) is 11.3 Å². The molecule has 132 valence electrons. The van der Waals surface area contributed by atoms with Gasteiger partial charge in [-0.15, -0.1) is 0 Å². The van der Waals surface area contributed by atoms with Crippen LogP contribution in [0.25, 0.3) is 0 Å². The molecule has 3 N–H and O–H groups in total. The number of rotatable bonds is 6. The minimum Gasteiger partial charge on any atom is -0.347 e. The van der Waals surface area contributed by atoms with Gasteiger partial charge in [0, 0.05) is 12.1 Å². The summed E-state index contributed by atoms with van der Waals surface area (Å²) in [7, 11) is 0. The third-order valence-corrected chi connectivity index (χ3v) is 3.72. The lowest BCUT2D eigenvalue weighted by Gasteiger charge is -2.08. The lowest BCUT2D eigenvalue weighted by molar-refractivity contribution is -0.120. The van der Waals surface area contributed by atoms with Crippen molar-refractivity contribution < 1.29 is 18.4 Å². The van der Waals surface area contributed by atoms with Crippen LogP contribution in [0.4, 0.5) is 8.78 Å². The molecule has 8 nitrogen and oxygen atoms in total. The molecule has 0 radical (unpaired) electrons. The minimum atomic E-state index is -1.01. The van der Waals surface area contributed by atoms with E-state index in [4.69, 9.17) is 0 Å². The summed E-state index contributed by atoms with van der Waals surface area (Å²) in [5, 5.41) is 10.9. The molecule has 0 aliphatic heterocycles. The van der Waals surface area contributed by atoms with Crippen molar-refractivity contribution in [1.82, 2.24) is 25.4 Å². The summed E-state index contributed by atoms with van der Waals surface area (Å²) in [5.41, 5.74) is -0.684. The average molecular weight is 351 g/mol. The number of carbonyl (C=O) groups excluding carboxylic acids is 2. The summed E-state index contributed by atoms with van der Waals surface area (Å²) in [6.45, 7) is -0.372. The van der Waals surface area contributed by atoms with E-state index in [1.807, 2.05) is 0 Å². The number of hydrogen-bond donors (Lipinski definition) is 3. The molecule has 0 saturated heterocycles. The molecule has 10 heteroatoms. The van der Waals surface area contributed by atoms with Crippen molar-refractivity contribution in [1.29, 1.82) is 0 Å². The van der Waals surface area contributed by atoms with E-state index in [0.717, 1.165) is 25.0 Å². The van der Waals surface area contributed by atoms with Crippen molar-refractivity contribution >= 4 is 11.8 Å². The highest BCUT2D eigenvalue weighted by molar-refractivity contribution is 5.96. The Morgan fingerprint density at radius 1 is 1.28 bits per heavy atom. The second kappa shape index (κ2) is 6.83. The lowest BCUT2D eigenvalue weighted by Crippen LogP contribution is -2.37. The molecular formula is C15H15F2N5O3. The fraction of sp³-hybridized carbons (Fsp3) is 0.333. The van der Waals surface area contributed by atoms with Crippen molar-refractivity contribution in [2.24, 2.45) is 0 Å². The van der Waals surface area contributed by atoms with Crippen LogP contribution in [0.3, 0.4) is 0 Å². The third-order valence-electron chi connectivity index (χ3n) is 3.72. The molecule has 0 unspecified atom stereocenters. The van der Waals surface area contributed by atoms with Crippen LogP contribution in [0.1, 0.15) is 35.1 Å². The highest BCUT2D eigenvalue weighted by Crippen LogP contribution is 2.33. The molecule has 1 aromatic carbocycles. The van der Waals surface area contributed by atoms with Gasteiger partial charge >= 0.3 is 5.69 Å². The lowest BCUT2D eigenvalue weighted by atomic mass is 10.2. The van der Waals surface area contributed by atoms with Gasteiger partial charge in [0.15, 0.2) is 5.82 Å². The normalized spacial score (nSPS) is 13.5. The highest BCUT2D eigenvalue weighted by atomic mass is 19.1. The number of H-pyrrole nitrogens is 1. The molecule has 25 heavy (non-hydrogen) atoms. The zero-order valence-corrected chi connectivity index (χ0v) is 13.0. The molecule has 1 saturated carbocycles. The van der Waals surface area contributed by atoms with E-state index in [2.05, 4.69) is 20.8 Å². The zero-order valence-electron chi connectivity index (χ0n) is 13.0. The molecule has 0 atom stereocenters. The van der Waals surface area contributed by atoms with E-state index in [1.165, 1.54) is 4.57 Å². The van der Waals surface area contributed by atoms with Gasteiger partial charge in [0.05, 0.1) is 18.7 Å². The molecule has 3 rings (SSSR count). The first-order chi connectivity index (χ1) is 12.0. The standard InChI is InChI=1S/C15H15F2N5O3/c16-8-1-4-10(11(17)5-8)14(24)19-7-13(23)18-6-12-20-21-15(25)22(12)9-2-3-9/h1,4-5,9H,2-3,6-7H2,(H,18,23)(H,19,24)(H,21,25). The summed E-state index contributed by atoms with van der Waals surface area (Å²) in [6.07, 6.45) is 1.78. The molecular weight excluding hydrogens is 336 g/mol. The van der Waals surface area contributed by atoms with Gasteiger partial charge in [-0.3, -0.25) is 14.2 Å². The van der Waals surface area contributed by atoms with Gasteiger partial charge in [0.2, 0.25) is 5.91 Å². The number of aromatic amines is 1. The van der Waals surface area contributed by atoms with Gasteiger partial charge in [-0.05, 0) is 25.0 Å². The van der Waals surface area contributed by atoms with E-state index in [9.17, 15) is 23.2 Å². The predicted molar refractivity (Wildman–Crippen MR) is 81.7 cm³/mol. The Balaban J connectivity index is 1.51. The topological polar surface area (TPSA) is 109 Å². The van der Waals surface area contributed by atoms with Crippen molar-refractivity contribution in [3.8, 4) is 0 Å². The van der Waals surface area contributed by atoms with Crippen LogP contribution in [0, 0.1) is 11.6 Å². The Morgan fingerprint density at radius 2 is 2.04 bits per heavy atom. The van der Waals surface area contributed by atoms with E-state index in [-0.39, 0.29) is 23.8 Å². The van der Waals surface area contributed by atoms with Crippen LogP contribution in [0.15, 0.2) is 23.0 Å². The molecule has 1 fully saturated rings. The Morgan fingerprint density at radius 3 is 2.72 bits per heavy atom. The molecule has 2 amide bonds. The maximum atomic E-state index is 13.5. The van der Waals surface area contributed by atoms with Crippen LogP contribution in [-0.4, -0.2) is 33.1 Å². The summed E-state index contributed by atoms with van der Waals surface area (Å²) in [5.74, 6) is -2.77. The quantitative estimate of drug-likeness (QED) is 0.692. The molecule has 1 aliphatic carbocycles. The van der Waals surface area contributed by atoms with Crippen LogP contribution in [0.5, 0.6) is 0 Å². The molecule has 2 aromatic rings. The largest absolute Gasteiger partial charge is 0.347 e. The summed E-state index contributed by atoms with van der Waals surface area (Å²) in [6, 6.07) is 2.64. The zero-order chi connectivity index (χ0) is 18.0. The van der Waals surface area contributed by atoms with E-state index in [1.54, 1.807) is 0 Å². The number of amides is 2. The van der Waals surface area contributed by atoms with Crippen LogP contribution < -0.4 is 16.3 Å². The van der Waals surface area contributed by atoms with Crippen molar-refractivity contribution in [3.63, 3.8) is 0 Å².